The molecule has 0 aromatic carbocycles. The van der Waals surface area contributed by atoms with Gasteiger partial charge in [-0.3, -0.25) is 19.3 Å². The van der Waals surface area contributed by atoms with Crippen LogP contribution in [-0.4, -0.2) is 119 Å². The number of carbonyl (C=O) groups excluding carboxylic acids is 3. The molecule has 2 amide bonds. The molecule has 0 aromatic heterocycles. The summed E-state index contributed by atoms with van der Waals surface area (Å²) in [6.07, 6.45) is 7.62. The fourth-order valence-corrected chi connectivity index (χ4v) is 9.23. The number of hydrogen-bond donors (Lipinski definition) is 1. The van der Waals surface area contributed by atoms with Crippen molar-refractivity contribution < 1.29 is 29.0 Å². The number of likely N-dealkylation sites (tertiary alicyclic amines) is 1. The molecule has 2 unspecified atom stereocenters. The van der Waals surface area contributed by atoms with Crippen molar-refractivity contribution in [2.75, 3.05) is 65.7 Å². The van der Waals surface area contributed by atoms with Gasteiger partial charge in [-0.1, -0.05) is 12.2 Å². The van der Waals surface area contributed by atoms with Gasteiger partial charge in [-0.25, -0.2) is 0 Å². The maximum Gasteiger partial charge on any atom is 0.311 e. The first kappa shape index (κ1) is 30.1. The quantitative estimate of drug-likeness (QED) is 0.184. The number of aliphatic hydroxyl groups is 1. The topological polar surface area (TPSA) is 99.6 Å². The van der Waals surface area contributed by atoms with E-state index in [1.165, 1.54) is 0 Å². The summed E-state index contributed by atoms with van der Waals surface area (Å²) >= 11 is 1.67. The van der Waals surface area contributed by atoms with Gasteiger partial charge in [-0.05, 0) is 45.4 Å². The number of morpholine rings is 1. The Balaban J connectivity index is 1.60. The van der Waals surface area contributed by atoms with Crippen LogP contribution in [0.25, 0.3) is 0 Å². The molecular formula is C29H45N3O6S. The van der Waals surface area contributed by atoms with Crippen molar-refractivity contribution in [2.24, 2.45) is 11.8 Å². The molecule has 9 nitrogen and oxygen atoms in total. The number of allylic oxidation sites excluding steroid dienone is 1. The third-order valence-electron chi connectivity index (χ3n) is 8.82. The van der Waals surface area contributed by atoms with Crippen molar-refractivity contribution in [3.05, 3.63) is 25.3 Å². The van der Waals surface area contributed by atoms with Gasteiger partial charge in [-0.2, -0.15) is 0 Å². The molecule has 1 spiro atoms. The van der Waals surface area contributed by atoms with Gasteiger partial charge in [0.15, 0.2) is 0 Å². The van der Waals surface area contributed by atoms with Crippen molar-refractivity contribution in [1.82, 2.24) is 14.7 Å². The number of amides is 2. The maximum absolute atomic E-state index is 14.4. The molecule has 0 aromatic rings. The lowest BCUT2D eigenvalue weighted by Crippen LogP contribution is -2.56. The van der Waals surface area contributed by atoms with E-state index in [1.807, 2.05) is 4.90 Å². The highest BCUT2D eigenvalue weighted by Gasteiger charge is 2.77. The highest BCUT2D eigenvalue weighted by atomic mass is 32.2. The highest BCUT2D eigenvalue weighted by molar-refractivity contribution is 8.02. The zero-order valence-corrected chi connectivity index (χ0v) is 24.2. The lowest BCUT2D eigenvalue weighted by atomic mass is 9.66. The largest absolute Gasteiger partial charge is 0.465 e. The minimum absolute atomic E-state index is 0.0316. The van der Waals surface area contributed by atoms with Crippen LogP contribution >= 0.6 is 11.8 Å². The van der Waals surface area contributed by atoms with Gasteiger partial charge in [0.1, 0.15) is 6.04 Å². The van der Waals surface area contributed by atoms with Gasteiger partial charge in [0, 0.05) is 50.6 Å². The normalized spacial score (nSPS) is 31.8. The van der Waals surface area contributed by atoms with E-state index in [0.29, 0.717) is 65.1 Å². The Bertz CT molecular complexity index is 927. The second kappa shape index (κ2) is 13.2. The number of fused-ring (bicyclic) bond motifs is 1. The molecule has 0 radical (unpaired) electrons. The Kier molecular flexibility index (Phi) is 10.2. The van der Waals surface area contributed by atoms with Crippen LogP contribution in [0, 0.1) is 11.8 Å². The number of ether oxygens (including phenoxy) is 2. The summed E-state index contributed by atoms with van der Waals surface area (Å²) < 4.78 is 10.1. The molecule has 4 aliphatic heterocycles. The molecule has 0 aliphatic carbocycles. The highest BCUT2D eigenvalue weighted by Crippen LogP contribution is 2.71. The van der Waals surface area contributed by atoms with Crippen LogP contribution in [0.5, 0.6) is 0 Å². The molecule has 0 saturated carbocycles. The number of thioether (sulfide) groups is 1. The van der Waals surface area contributed by atoms with Crippen molar-refractivity contribution in [2.45, 2.75) is 61.0 Å². The number of nitrogens with zero attached hydrogens (tertiary/aromatic N) is 3. The Hall–Kier alpha value is -1.88. The van der Waals surface area contributed by atoms with E-state index in [2.05, 4.69) is 25.0 Å². The number of carbonyl (C=O) groups is 3. The third kappa shape index (κ3) is 5.94. The number of esters is 1. The Morgan fingerprint density at radius 2 is 1.95 bits per heavy atom. The first-order valence-electron chi connectivity index (χ1n) is 14.4. The Labute approximate surface area is 236 Å². The summed E-state index contributed by atoms with van der Waals surface area (Å²) in [6, 6.07) is -0.649. The number of unbranched alkanes of at least 4 members (excludes halogenated alkanes) is 2. The zero-order valence-electron chi connectivity index (χ0n) is 23.4. The average Bonchev–Trinajstić information content (AvgIpc) is 3.50. The van der Waals surface area contributed by atoms with Gasteiger partial charge in [0.2, 0.25) is 11.8 Å². The summed E-state index contributed by atoms with van der Waals surface area (Å²) in [7, 11) is 0. The molecule has 10 heteroatoms. The first-order chi connectivity index (χ1) is 18.8. The standard InChI is InChI=1S/C29H45N3O6S/c1-4-6-9-19-38-27(36)23-22-25(34)32(13-7-8-18-33)24(29(22)11-10-28(23,3)39-29)26(35)31(12-5-2)15-14-30-16-20-37-21-17-30/h4-5,22-24,33H,1-2,6-21H2,3H3/t22-,23+,24?,28-,29?/m0/s1. The second-order valence-corrected chi connectivity index (χ2v) is 13.2. The molecule has 4 aliphatic rings. The van der Waals surface area contributed by atoms with Crippen molar-refractivity contribution >= 4 is 29.5 Å². The van der Waals surface area contributed by atoms with E-state index in [9.17, 15) is 19.5 Å². The predicted molar refractivity (Wildman–Crippen MR) is 151 cm³/mol. The minimum atomic E-state index is -0.661. The summed E-state index contributed by atoms with van der Waals surface area (Å²) in [4.78, 5) is 47.8. The first-order valence-corrected chi connectivity index (χ1v) is 15.2. The summed E-state index contributed by atoms with van der Waals surface area (Å²) in [5, 5.41) is 9.39. The van der Waals surface area contributed by atoms with Crippen LogP contribution < -0.4 is 0 Å². The smallest absolute Gasteiger partial charge is 0.311 e. The fraction of sp³-hybridized carbons (Fsp3) is 0.759. The van der Waals surface area contributed by atoms with Crippen LogP contribution in [0.4, 0.5) is 0 Å². The fourth-order valence-electron chi connectivity index (χ4n) is 6.89. The molecule has 4 fully saturated rings. The van der Waals surface area contributed by atoms with E-state index in [4.69, 9.17) is 9.47 Å². The summed E-state index contributed by atoms with van der Waals surface area (Å²) in [5.41, 5.74) is 0. The minimum Gasteiger partial charge on any atom is -0.465 e. The van der Waals surface area contributed by atoms with Crippen molar-refractivity contribution in [1.29, 1.82) is 0 Å². The SMILES string of the molecule is C=CCCCOC(=O)[C@H]1[C@H]2C(=O)N(CCCCO)C(C(=O)N(CC=C)CCN3CCOCC3)C23CC[C@]1(C)S3. The Morgan fingerprint density at radius 3 is 2.64 bits per heavy atom. The zero-order chi connectivity index (χ0) is 28.0. The molecule has 4 heterocycles. The van der Waals surface area contributed by atoms with E-state index in [-0.39, 0.29) is 24.4 Å². The van der Waals surface area contributed by atoms with E-state index < -0.39 is 27.4 Å². The molecular weight excluding hydrogens is 518 g/mol. The van der Waals surface area contributed by atoms with Gasteiger partial charge in [0.25, 0.3) is 0 Å². The van der Waals surface area contributed by atoms with Crippen molar-refractivity contribution in [3.63, 3.8) is 0 Å². The summed E-state index contributed by atoms with van der Waals surface area (Å²) in [5.74, 6) is -1.68. The molecule has 4 rings (SSSR count). The van der Waals surface area contributed by atoms with E-state index >= 15 is 0 Å². The van der Waals surface area contributed by atoms with Gasteiger partial charge >= 0.3 is 5.97 Å². The molecule has 218 valence electrons. The second-order valence-electron chi connectivity index (χ2n) is 11.3. The molecule has 4 saturated heterocycles. The van der Waals surface area contributed by atoms with Crippen LogP contribution in [0.2, 0.25) is 0 Å². The van der Waals surface area contributed by atoms with Crippen LogP contribution in [-0.2, 0) is 23.9 Å². The average molecular weight is 564 g/mol. The van der Waals surface area contributed by atoms with Crippen LogP contribution in [0.1, 0.15) is 45.4 Å². The molecule has 1 N–H and O–H groups in total. The molecule has 39 heavy (non-hydrogen) atoms. The number of aliphatic hydroxyl groups excluding tert-OH is 1. The predicted octanol–water partition coefficient (Wildman–Crippen LogP) is 2.10. The number of hydrogen-bond acceptors (Lipinski definition) is 8. The maximum atomic E-state index is 14.4. The monoisotopic (exact) mass is 563 g/mol. The van der Waals surface area contributed by atoms with Crippen molar-refractivity contribution in [3.8, 4) is 0 Å². The summed E-state index contributed by atoms with van der Waals surface area (Å²) in [6.45, 7) is 15.1. The van der Waals surface area contributed by atoms with Crippen LogP contribution in [0.3, 0.4) is 0 Å². The molecule has 5 atom stereocenters. The van der Waals surface area contributed by atoms with Gasteiger partial charge in [0.05, 0.1) is 36.4 Å². The van der Waals surface area contributed by atoms with E-state index in [0.717, 1.165) is 32.5 Å². The van der Waals surface area contributed by atoms with Gasteiger partial charge < -0.3 is 24.4 Å². The molecule has 2 bridgehead atoms. The van der Waals surface area contributed by atoms with Crippen LogP contribution in [0.15, 0.2) is 25.3 Å². The lowest BCUT2D eigenvalue weighted by Gasteiger charge is -2.38. The van der Waals surface area contributed by atoms with E-state index in [1.54, 1.807) is 28.8 Å². The van der Waals surface area contributed by atoms with Gasteiger partial charge in [-0.15, -0.1) is 24.9 Å². The lowest BCUT2D eigenvalue weighted by molar-refractivity contribution is -0.155. The Morgan fingerprint density at radius 1 is 1.18 bits per heavy atom. The number of rotatable bonds is 15. The third-order valence-corrected chi connectivity index (χ3v) is 10.8.